The number of carbonyl (C=O) groups excluding carboxylic acids is 1. The molecule has 0 radical (unpaired) electrons. The zero-order valence-corrected chi connectivity index (χ0v) is 26.8. The highest BCUT2D eigenvalue weighted by Gasteiger charge is 2.36. The summed E-state index contributed by atoms with van der Waals surface area (Å²) in [6.07, 6.45) is 3.42. The summed E-state index contributed by atoms with van der Waals surface area (Å²) in [6, 6.07) is 7.65. The Kier molecular flexibility index (Phi) is 9.21. The molecule has 2 saturated heterocycles. The molecule has 0 bridgehead atoms. The van der Waals surface area contributed by atoms with Crippen LogP contribution in [-0.4, -0.2) is 88.1 Å². The van der Waals surface area contributed by atoms with Crippen molar-refractivity contribution >= 4 is 45.0 Å². The van der Waals surface area contributed by atoms with Crippen molar-refractivity contribution in [3.8, 4) is 17.3 Å². The minimum Gasteiger partial charge on any atom is -0.462 e. The predicted molar refractivity (Wildman–Crippen MR) is 175 cm³/mol. The molecule has 2 aliphatic heterocycles. The molecule has 6 rings (SSSR count). The fourth-order valence-electron chi connectivity index (χ4n) is 6.64. The number of halogens is 4. The molecule has 4 heterocycles. The number of rotatable bonds is 8. The molecule has 0 N–H and O–H groups in total. The average Bonchev–Trinajstić information content (AvgIpc) is 3.54. The number of likely N-dealkylation sites (tertiary alicyclic amines) is 1. The molecule has 1 amide bonds. The van der Waals surface area contributed by atoms with Crippen molar-refractivity contribution in [2.75, 3.05) is 44.2 Å². The van der Waals surface area contributed by atoms with E-state index in [2.05, 4.69) is 40.1 Å². The quantitative estimate of drug-likeness (QED) is 0.158. The van der Waals surface area contributed by atoms with Gasteiger partial charge in [0.25, 0.3) is 5.91 Å². The number of hydrogen-bond acceptors (Lipinski definition) is 7. The van der Waals surface area contributed by atoms with Gasteiger partial charge in [0.15, 0.2) is 11.6 Å². The predicted octanol–water partition coefficient (Wildman–Crippen LogP) is 6.45. The number of carbonyl (C=O) groups is 1. The van der Waals surface area contributed by atoms with Gasteiger partial charge in [0.05, 0.1) is 10.4 Å². The summed E-state index contributed by atoms with van der Waals surface area (Å²) in [4.78, 5) is 35.1. The van der Waals surface area contributed by atoms with Gasteiger partial charge in [0.2, 0.25) is 6.54 Å². The van der Waals surface area contributed by atoms with Crippen molar-refractivity contribution < 1.29 is 22.7 Å². The third-order valence-corrected chi connectivity index (χ3v) is 9.27. The van der Waals surface area contributed by atoms with E-state index in [-0.39, 0.29) is 59.9 Å². The Balaban J connectivity index is 1.46. The number of aromatic nitrogens is 3. The van der Waals surface area contributed by atoms with Crippen molar-refractivity contribution in [2.45, 2.75) is 44.8 Å². The van der Waals surface area contributed by atoms with Gasteiger partial charge in [-0.25, -0.2) is 19.7 Å². The van der Waals surface area contributed by atoms with Crippen molar-refractivity contribution in [1.82, 2.24) is 24.8 Å². The van der Waals surface area contributed by atoms with Crippen LogP contribution in [0, 0.1) is 18.2 Å². The van der Waals surface area contributed by atoms with Crippen LogP contribution in [0.1, 0.15) is 26.7 Å². The topological polar surface area (TPSA) is 79.1 Å². The van der Waals surface area contributed by atoms with E-state index in [0.29, 0.717) is 34.8 Å². The van der Waals surface area contributed by atoms with Crippen LogP contribution in [0.3, 0.4) is 0 Å². The minimum absolute atomic E-state index is 0.0430. The fourth-order valence-corrected chi connectivity index (χ4v) is 6.92. The zero-order chi connectivity index (χ0) is 33.4. The molecule has 13 heteroatoms. The molecular formula is C34H33ClF3N7O2. The first-order valence-electron chi connectivity index (χ1n) is 15.4. The largest absolute Gasteiger partial charge is 0.462 e. The van der Waals surface area contributed by atoms with Crippen LogP contribution in [0.5, 0.6) is 6.01 Å². The number of hydrogen-bond donors (Lipinski definition) is 0. The maximum atomic E-state index is 16.7. The lowest BCUT2D eigenvalue weighted by Gasteiger charge is -2.39. The second-order valence-electron chi connectivity index (χ2n) is 12.1. The lowest BCUT2D eigenvalue weighted by Crippen LogP contribution is -2.56. The Labute approximate surface area is 275 Å². The molecule has 9 nitrogen and oxygen atoms in total. The van der Waals surface area contributed by atoms with Crippen LogP contribution in [0.15, 0.2) is 48.9 Å². The summed E-state index contributed by atoms with van der Waals surface area (Å²) < 4.78 is 51.2. The summed E-state index contributed by atoms with van der Waals surface area (Å²) >= 11 is 6.37. The zero-order valence-electron chi connectivity index (χ0n) is 26.0. The number of amides is 1. The smallest absolute Gasteiger partial charge is 0.319 e. The van der Waals surface area contributed by atoms with Crippen LogP contribution >= 0.6 is 11.6 Å². The van der Waals surface area contributed by atoms with Crippen molar-refractivity contribution in [3.63, 3.8) is 0 Å². The van der Waals surface area contributed by atoms with Gasteiger partial charge in [-0.1, -0.05) is 42.4 Å². The molecule has 0 saturated carbocycles. The summed E-state index contributed by atoms with van der Waals surface area (Å²) in [5, 5.41) is 1.06. The number of benzene rings is 2. The molecule has 0 spiro atoms. The third-order valence-electron chi connectivity index (χ3n) is 8.90. The van der Waals surface area contributed by atoms with E-state index in [4.69, 9.17) is 27.9 Å². The number of fused-ring (bicyclic) bond motifs is 2. The van der Waals surface area contributed by atoms with Crippen LogP contribution in [0.2, 0.25) is 5.02 Å². The second kappa shape index (κ2) is 13.3. The van der Waals surface area contributed by atoms with Gasteiger partial charge in [-0.15, -0.1) is 0 Å². The Morgan fingerprint density at radius 1 is 1.17 bits per heavy atom. The van der Waals surface area contributed by atoms with Crippen molar-refractivity contribution in [2.24, 2.45) is 0 Å². The molecule has 4 aromatic rings. The van der Waals surface area contributed by atoms with E-state index in [0.717, 1.165) is 19.4 Å². The molecule has 2 aromatic heterocycles. The Morgan fingerprint density at radius 2 is 1.98 bits per heavy atom. The summed E-state index contributed by atoms with van der Waals surface area (Å²) in [5.74, 6) is -3.08. The van der Waals surface area contributed by atoms with Gasteiger partial charge in [0, 0.05) is 48.9 Å². The number of anilines is 1. The van der Waals surface area contributed by atoms with E-state index in [1.807, 2.05) is 0 Å². The summed E-state index contributed by atoms with van der Waals surface area (Å²) in [7, 11) is 0. The van der Waals surface area contributed by atoms with Crippen LogP contribution in [0.25, 0.3) is 37.8 Å². The molecule has 0 aliphatic carbocycles. The first-order chi connectivity index (χ1) is 22.6. The van der Waals surface area contributed by atoms with Gasteiger partial charge in [-0.2, -0.15) is 9.97 Å². The molecule has 2 atom stereocenters. The van der Waals surface area contributed by atoms with Gasteiger partial charge in [-0.3, -0.25) is 14.7 Å². The third kappa shape index (κ3) is 6.17. The van der Waals surface area contributed by atoms with Crippen LogP contribution < -0.4 is 9.64 Å². The van der Waals surface area contributed by atoms with E-state index in [1.165, 1.54) is 17.2 Å². The maximum absolute atomic E-state index is 16.7. The van der Waals surface area contributed by atoms with E-state index in [9.17, 15) is 13.6 Å². The highest BCUT2D eigenvalue weighted by atomic mass is 35.5. The van der Waals surface area contributed by atoms with E-state index < -0.39 is 29.4 Å². The first-order valence-corrected chi connectivity index (χ1v) is 15.8. The molecule has 2 aromatic carbocycles. The van der Waals surface area contributed by atoms with E-state index >= 15 is 4.39 Å². The van der Waals surface area contributed by atoms with Crippen molar-refractivity contribution in [1.29, 1.82) is 0 Å². The summed E-state index contributed by atoms with van der Waals surface area (Å²) in [5.41, 5.74) is 0.156. The highest BCUT2D eigenvalue weighted by Crippen LogP contribution is 2.38. The normalized spacial score (nSPS) is 18.7. The highest BCUT2D eigenvalue weighted by molar-refractivity contribution is 6.36. The maximum Gasteiger partial charge on any atom is 0.319 e. The van der Waals surface area contributed by atoms with Gasteiger partial charge in [0.1, 0.15) is 35.5 Å². The molecule has 0 unspecified atom stereocenters. The molecular weight excluding hydrogens is 631 g/mol. The SMILES string of the molecule is [C-]#[N+]C[C@H]1CN(c2nc(OC[C@@H]3CCCN3C(C)C)nc3c(F)c(-c4cccc5ccc(F)c(Cl)c45)ncc23)CCN1C(=O)C(=C)F. The Bertz CT molecular complexity index is 1920. The molecule has 2 fully saturated rings. The number of piperazine rings is 1. The van der Waals surface area contributed by atoms with E-state index in [1.54, 1.807) is 29.2 Å². The minimum atomic E-state index is -1.11. The van der Waals surface area contributed by atoms with Crippen LogP contribution in [0.4, 0.5) is 19.0 Å². The van der Waals surface area contributed by atoms with Crippen LogP contribution in [-0.2, 0) is 4.79 Å². The molecule has 2 aliphatic rings. The van der Waals surface area contributed by atoms with Gasteiger partial charge in [-0.05, 0) is 44.7 Å². The Morgan fingerprint density at radius 3 is 2.72 bits per heavy atom. The molecule has 244 valence electrons. The molecule has 47 heavy (non-hydrogen) atoms. The lowest BCUT2D eigenvalue weighted by molar-refractivity contribution is -0.131. The standard InChI is InChI=1S/C34H33ClF3N7O2/c1-19(2)44-12-6-8-22(44)18-47-34-41-31-25(32(42-34)43-13-14-45(33(46)20(3)36)23(17-43)15-39-4)16-40-30(29(31)38)24-9-5-7-21-10-11-26(37)28(35)27(21)24/h5,7,9-11,16,19,22-23H,3,6,8,12-15,17-18H2,1-2H3/t22-,23-/m0/s1. The van der Waals surface area contributed by atoms with Gasteiger partial charge >= 0.3 is 6.01 Å². The fraction of sp³-hybridized carbons (Fsp3) is 0.382. The first kappa shape index (κ1) is 32.5. The monoisotopic (exact) mass is 663 g/mol. The lowest BCUT2D eigenvalue weighted by atomic mass is 10.0. The van der Waals surface area contributed by atoms with Gasteiger partial charge < -0.3 is 19.4 Å². The second-order valence-corrected chi connectivity index (χ2v) is 12.4. The van der Waals surface area contributed by atoms with Crippen molar-refractivity contribution in [3.05, 3.63) is 77.0 Å². The number of nitrogens with zero attached hydrogens (tertiary/aromatic N) is 7. The summed E-state index contributed by atoms with van der Waals surface area (Å²) in [6.45, 7) is 16.4. The average molecular weight is 664 g/mol. The Hall–Kier alpha value is -4.47. The number of pyridine rings is 1. The number of ether oxygens (including phenoxy) is 1.